The van der Waals surface area contributed by atoms with Crippen molar-refractivity contribution in [3.63, 3.8) is 0 Å². The SMILES string of the molecule is N#Cc1c(O)c2c(-c3ccc(-c4ccccc4O)cc3)noc2[nH]c1=O. The summed E-state index contributed by atoms with van der Waals surface area (Å²) >= 11 is 0. The largest absolute Gasteiger partial charge is 0.507 e. The van der Waals surface area contributed by atoms with E-state index in [1.165, 1.54) is 0 Å². The fourth-order valence-electron chi connectivity index (χ4n) is 2.82. The van der Waals surface area contributed by atoms with E-state index in [0.29, 0.717) is 16.8 Å². The van der Waals surface area contributed by atoms with E-state index in [2.05, 4.69) is 10.1 Å². The van der Waals surface area contributed by atoms with Crippen LogP contribution in [0.4, 0.5) is 0 Å². The Balaban J connectivity index is 1.86. The first-order valence-corrected chi connectivity index (χ1v) is 7.63. The van der Waals surface area contributed by atoms with Crippen LogP contribution in [0, 0.1) is 11.3 Å². The molecule has 0 aliphatic carbocycles. The molecule has 7 nitrogen and oxygen atoms in total. The number of nitriles is 1. The Hall–Kier alpha value is -4.05. The van der Waals surface area contributed by atoms with Crippen LogP contribution in [0.1, 0.15) is 5.56 Å². The minimum atomic E-state index is -0.741. The molecule has 0 saturated carbocycles. The first-order valence-electron chi connectivity index (χ1n) is 7.63. The third-order valence-corrected chi connectivity index (χ3v) is 4.11. The Labute approximate surface area is 146 Å². The number of pyridine rings is 1. The van der Waals surface area contributed by atoms with Crippen molar-refractivity contribution < 1.29 is 14.7 Å². The lowest BCUT2D eigenvalue weighted by Crippen LogP contribution is -2.09. The number of hydrogen-bond donors (Lipinski definition) is 3. The minimum Gasteiger partial charge on any atom is -0.507 e. The molecule has 3 N–H and O–H groups in total. The zero-order chi connectivity index (χ0) is 18.3. The first-order chi connectivity index (χ1) is 12.6. The van der Waals surface area contributed by atoms with Gasteiger partial charge in [-0.1, -0.05) is 47.6 Å². The van der Waals surface area contributed by atoms with Crippen LogP contribution < -0.4 is 5.56 Å². The Morgan fingerprint density at radius 3 is 2.42 bits per heavy atom. The van der Waals surface area contributed by atoms with Crippen molar-refractivity contribution in [2.75, 3.05) is 0 Å². The van der Waals surface area contributed by atoms with Crippen LogP contribution in [0.25, 0.3) is 33.5 Å². The average molecular weight is 345 g/mol. The van der Waals surface area contributed by atoms with E-state index in [-0.39, 0.29) is 16.8 Å². The van der Waals surface area contributed by atoms with Crippen LogP contribution in [0.5, 0.6) is 11.5 Å². The Bertz CT molecular complexity index is 1230. The van der Waals surface area contributed by atoms with Gasteiger partial charge in [-0.2, -0.15) is 5.26 Å². The molecule has 4 aromatic rings. The highest BCUT2D eigenvalue weighted by molar-refractivity contribution is 5.95. The smallest absolute Gasteiger partial charge is 0.272 e. The van der Waals surface area contributed by atoms with Crippen molar-refractivity contribution in [2.24, 2.45) is 0 Å². The predicted molar refractivity (Wildman–Crippen MR) is 93.5 cm³/mol. The molecule has 0 spiro atoms. The molecule has 0 unspecified atom stereocenters. The molecule has 0 fully saturated rings. The van der Waals surface area contributed by atoms with Crippen LogP contribution in [-0.2, 0) is 0 Å². The summed E-state index contributed by atoms with van der Waals surface area (Å²) in [4.78, 5) is 14.1. The van der Waals surface area contributed by atoms with Gasteiger partial charge in [0.05, 0.1) is 0 Å². The second kappa shape index (κ2) is 5.79. The zero-order valence-corrected chi connectivity index (χ0v) is 13.2. The Morgan fingerprint density at radius 1 is 1.04 bits per heavy atom. The number of para-hydroxylation sites is 1. The normalized spacial score (nSPS) is 10.7. The molecule has 0 amide bonds. The van der Waals surface area contributed by atoms with Gasteiger partial charge in [-0.15, -0.1) is 0 Å². The Morgan fingerprint density at radius 2 is 1.73 bits per heavy atom. The third-order valence-electron chi connectivity index (χ3n) is 4.11. The number of phenols is 1. The average Bonchev–Trinajstić information content (AvgIpc) is 3.06. The monoisotopic (exact) mass is 345 g/mol. The number of hydrogen-bond acceptors (Lipinski definition) is 6. The van der Waals surface area contributed by atoms with Crippen molar-refractivity contribution in [2.45, 2.75) is 0 Å². The topological polar surface area (TPSA) is 123 Å². The van der Waals surface area contributed by atoms with Crippen LogP contribution in [0.2, 0.25) is 0 Å². The minimum absolute atomic E-state index is 0.00807. The van der Waals surface area contributed by atoms with E-state index in [0.717, 1.165) is 5.56 Å². The molecule has 0 aliphatic heterocycles. The fourth-order valence-corrected chi connectivity index (χ4v) is 2.82. The second-order valence-electron chi connectivity index (χ2n) is 5.62. The predicted octanol–water partition coefficient (Wildman–Crippen LogP) is 3.13. The van der Waals surface area contributed by atoms with Crippen molar-refractivity contribution in [1.82, 2.24) is 10.1 Å². The van der Waals surface area contributed by atoms with Crippen molar-refractivity contribution in [3.8, 4) is 40.0 Å². The maximum absolute atomic E-state index is 11.7. The quantitative estimate of drug-likeness (QED) is 0.513. The standard InChI is InChI=1S/C19H11N3O4/c20-9-13-17(24)15-16(22-26-19(15)21-18(13)25)11-7-5-10(6-8-11)12-3-1-2-4-14(12)23/h1-8,23H,(H2,21,24,25). The Kier molecular flexibility index (Phi) is 3.45. The molecule has 126 valence electrons. The molecule has 2 aromatic carbocycles. The van der Waals surface area contributed by atoms with Crippen molar-refractivity contribution in [1.29, 1.82) is 5.26 Å². The van der Waals surface area contributed by atoms with Crippen LogP contribution in [0.15, 0.2) is 57.8 Å². The fraction of sp³-hybridized carbons (Fsp3) is 0. The summed E-state index contributed by atoms with van der Waals surface area (Å²) in [6.07, 6.45) is 0. The lowest BCUT2D eigenvalue weighted by atomic mass is 10.0. The molecule has 4 rings (SSSR count). The van der Waals surface area contributed by atoms with Gasteiger partial charge in [0.2, 0.25) is 5.71 Å². The van der Waals surface area contributed by atoms with Gasteiger partial charge in [-0.05, 0) is 11.6 Å². The molecule has 26 heavy (non-hydrogen) atoms. The molecule has 0 bridgehead atoms. The van der Waals surface area contributed by atoms with Crippen molar-refractivity contribution >= 4 is 11.1 Å². The summed E-state index contributed by atoms with van der Waals surface area (Å²) in [5.41, 5.74) is 1.26. The first kappa shape index (κ1) is 15.5. The number of aromatic hydroxyl groups is 2. The van der Waals surface area contributed by atoms with Gasteiger partial charge in [0.25, 0.3) is 5.56 Å². The number of aromatic nitrogens is 2. The number of fused-ring (bicyclic) bond motifs is 1. The number of nitrogens with zero attached hydrogens (tertiary/aromatic N) is 2. The van der Waals surface area contributed by atoms with E-state index in [1.807, 2.05) is 6.07 Å². The lowest BCUT2D eigenvalue weighted by molar-refractivity contribution is 0.449. The van der Waals surface area contributed by atoms with Crippen LogP contribution in [-0.4, -0.2) is 20.4 Å². The molecular formula is C19H11N3O4. The van der Waals surface area contributed by atoms with Crippen LogP contribution in [0.3, 0.4) is 0 Å². The van der Waals surface area contributed by atoms with Gasteiger partial charge >= 0.3 is 0 Å². The summed E-state index contributed by atoms with van der Waals surface area (Å²) in [5, 5.41) is 33.3. The van der Waals surface area contributed by atoms with Crippen molar-refractivity contribution in [3.05, 3.63) is 64.4 Å². The lowest BCUT2D eigenvalue weighted by Gasteiger charge is -2.05. The summed E-state index contributed by atoms with van der Waals surface area (Å²) < 4.78 is 5.08. The van der Waals surface area contributed by atoms with E-state index in [1.54, 1.807) is 48.5 Å². The molecule has 0 atom stereocenters. The van der Waals surface area contributed by atoms with E-state index < -0.39 is 16.9 Å². The highest BCUT2D eigenvalue weighted by atomic mass is 16.5. The summed E-state index contributed by atoms with van der Waals surface area (Å²) in [6.45, 7) is 0. The van der Waals surface area contributed by atoms with Gasteiger partial charge in [0.1, 0.15) is 22.9 Å². The van der Waals surface area contributed by atoms with E-state index in [4.69, 9.17) is 9.78 Å². The maximum Gasteiger partial charge on any atom is 0.272 e. The number of aromatic amines is 1. The maximum atomic E-state index is 11.7. The second-order valence-corrected chi connectivity index (χ2v) is 5.62. The summed E-state index contributed by atoms with van der Waals surface area (Å²) in [7, 11) is 0. The molecule has 0 aliphatic rings. The molecule has 0 saturated heterocycles. The van der Waals surface area contributed by atoms with E-state index in [9.17, 15) is 15.0 Å². The number of benzene rings is 2. The van der Waals surface area contributed by atoms with Crippen LogP contribution >= 0.6 is 0 Å². The molecule has 2 aromatic heterocycles. The van der Waals surface area contributed by atoms with Gasteiger partial charge in [0.15, 0.2) is 11.3 Å². The van der Waals surface area contributed by atoms with Gasteiger partial charge in [-0.3, -0.25) is 9.78 Å². The molecular weight excluding hydrogens is 334 g/mol. The zero-order valence-electron chi connectivity index (χ0n) is 13.2. The summed E-state index contributed by atoms with van der Waals surface area (Å²) in [5.74, 6) is -0.298. The highest BCUT2D eigenvalue weighted by Gasteiger charge is 2.20. The number of H-pyrrole nitrogens is 1. The third kappa shape index (κ3) is 2.29. The van der Waals surface area contributed by atoms with Gasteiger partial charge < -0.3 is 14.7 Å². The van der Waals surface area contributed by atoms with Gasteiger partial charge in [-0.25, -0.2) is 0 Å². The van der Waals surface area contributed by atoms with E-state index >= 15 is 0 Å². The highest BCUT2D eigenvalue weighted by Crippen LogP contribution is 2.35. The number of nitrogens with one attached hydrogen (secondary N) is 1. The van der Waals surface area contributed by atoms with Gasteiger partial charge in [0, 0.05) is 11.1 Å². The molecule has 0 radical (unpaired) electrons. The summed E-state index contributed by atoms with van der Waals surface area (Å²) in [6, 6.07) is 15.7. The molecule has 7 heteroatoms. The number of rotatable bonds is 2. The molecule has 2 heterocycles. The number of phenolic OH excluding ortho intramolecular Hbond substituents is 1.